The largest absolute Gasteiger partial charge is 0.493 e. The van der Waals surface area contributed by atoms with Crippen LogP contribution in [0.5, 0.6) is 11.5 Å². The number of imide groups is 1. The topological polar surface area (TPSA) is 82.1 Å². The Kier molecular flexibility index (Phi) is 6.68. The van der Waals surface area contributed by atoms with Crippen LogP contribution in [0.15, 0.2) is 23.1 Å². The number of hydrogen-bond acceptors (Lipinski definition) is 7. The van der Waals surface area contributed by atoms with E-state index in [4.69, 9.17) is 14.2 Å². The molecular formula is C18H21NO6S. The fraction of sp³-hybridized carbons (Fsp3) is 0.389. The van der Waals surface area contributed by atoms with Gasteiger partial charge in [0.25, 0.3) is 11.1 Å². The molecule has 0 saturated carbocycles. The number of methoxy groups -OCH3 is 1. The molecule has 2 amide bonds. The highest BCUT2D eigenvalue weighted by Crippen LogP contribution is 2.34. The van der Waals surface area contributed by atoms with Crippen LogP contribution in [-0.4, -0.2) is 48.4 Å². The average molecular weight is 379 g/mol. The SMILES string of the molecule is CCOc1ccc(/C=C2\SC(=O)N(CC(=O)OC(C)C)C2=O)cc1OC. The molecule has 1 aromatic rings. The maximum Gasteiger partial charge on any atom is 0.326 e. The van der Waals surface area contributed by atoms with E-state index in [0.717, 1.165) is 16.7 Å². The lowest BCUT2D eigenvalue weighted by Gasteiger charge is -2.13. The van der Waals surface area contributed by atoms with Crippen molar-refractivity contribution < 1.29 is 28.6 Å². The Morgan fingerprint density at radius 2 is 2.00 bits per heavy atom. The molecule has 1 fully saturated rings. The Morgan fingerprint density at radius 1 is 1.27 bits per heavy atom. The van der Waals surface area contributed by atoms with E-state index in [1.165, 1.54) is 7.11 Å². The third-order valence-electron chi connectivity index (χ3n) is 3.31. The number of hydrogen-bond donors (Lipinski definition) is 0. The van der Waals surface area contributed by atoms with Gasteiger partial charge in [0.05, 0.1) is 24.7 Å². The quantitative estimate of drug-likeness (QED) is 0.532. The normalized spacial score (nSPS) is 15.7. The summed E-state index contributed by atoms with van der Waals surface area (Å²) in [4.78, 5) is 37.3. The summed E-state index contributed by atoms with van der Waals surface area (Å²) < 4.78 is 15.7. The van der Waals surface area contributed by atoms with Crippen LogP contribution in [0, 0.1) is 0 Å². The predicted octanol–water partition coefficient (Wildman–Crippen LogP) is 3.08. The molecule has 0 aliphatic carbocycles. The number of ether oxygens (including phenoxy) is 3. The maximum absolute atomic E-state index is 12.4. The van der Waals surface area contributed by atoms with E-state index in [9.17, 15) is 14.4 Å². The third kappa shape index (κ3) is 4.78. The summed E-state index contributed by atoms with van der Waals surface area (Å²) >= 11 is 0.784. The molecule has 0 radical (unpaired) electrons. The number of nitrogens with zero attached hydrogens (tertiary/aromatic N) is 1. The van der Waals surface area contributed by atoms with Crippen LogP contribution in [-0.2, 0) is 14.3 Å². The smallest absolute Gasteiger partial charge is 0.326 e. The van der Waals surface area contributed by atoms with Crippen molar-refractivity contribution >= 4 is 35.0 Å². The summed E-state index contributed by atoms with van der Waals surface area (Å²) in [6.07, 6.45) is 1.27. The molecule has 2 rings (SSSR count). The molecule has 0 N–H and O–H groups in total. The first-order valence-electron chi connectivity index (χ1n) is 8.11. The van der Waals surface area contributed by atoms with Crippen molar-refractivity contribution in [1.82, 2.24) is 4.90 Å². The van der Waals surface area contributed by atoms with E-state index in [2.05, 4.69) is 0 Å². The van der Waals surface area contributed by atoms with E-state index >= 15 is 0 Å². The summed E-state index contributed by atoms with van der Waals surface area (Å²) in [5.41, 5.74) is 0.681. The second kappa shape index (κ2) is 8.75. The van der Waals surface area contributed by atoms with Gasteiger partial charge in [-0.05, 0) is 56.3 Å². The van der Waals surface area contributed by atoms with Gasteiger partial charge < -0.3 is 14.2 Å². The molecule has 8 heteroatoms. The highest BCUT2D eigenvalue weighted by Gasteiger charge is 2.36. The van der Waals surface area contributed by atoms with Gasteiger partial charge in [-0.15, -0.1) is 0 Å². The van der Waals surface area contributed by atoms with Crippen LogP contribution >= 0.6 is 11.8 Å². The summed E-state index contributed by atoms with van der Waals surface area (Å²) in [7, 11) is 1.52. The minimum atomic E-state index is -0.619. The van der Waals surface area contributed by atoms with Crippen LogP contribution in [0.1, 0.15) is 26.3 Å². The van der Waals surface area contributed by atoms with Crippen LogP contribution < -0.4 is 9.47 Å². The van der Waals surface area contributed by atoms with Gasteiger partial charge in [-0.1, -0.05) is 6.07 Å². The van der Waals surface area contributed by atoms with Crippen LogP contribution in [0.3, 0.4) is 0 Å². The molecule has 0 bridgehead atoms. The molecule has 0 spiro atoms. The number of esters is 1. The molecule has 1 aliphatic heterocycles. The minimum absolute atomic E-state index is 0.235. The van der Waals surface area contributed by atoms with E-state index in [1.807, 2.05) is 6.92 Å². The molecule has 0 unspecified atom stereocenters. The fourth-order valence-electron chi connectivity index (χ4n) is 2.27. The van der Waals surface area contributed by atoms with Crippen molar-refractivity contribution in [3.63, 3.8) is 0 Å². The zero-order valence-electron chi connectivity index (χ0n) is 15.1. The van der Waals surface area contributed by atoms with Gasteiger partial charge in [-0.2, -0.15) is 0 Å². The predicted molar refractivity (Wildman–Crippen MR) is 98.1 cm³/mol. The molecular weight excluding hydrogens is 358 g/mol. The van der Waals surface area contributed by atoms with Crippen molar-refractivity contribution in [2.45, 2.75) is 26.9 Å². The molecule has 1 heterocycles. The van der Waals surface area contributed by atoms with Crippen molar-refractivity contribution in [2.24, 2.45) is 0 Å². The zero-order valence-corrected chi connectivity index (χ0v) is 15.9. The van der Waals surface area contributed by atoms with Gasteiger partial charge in [0.2, 0.25) is 0 Å². The number of carbonyl (C=O) groups is 3. The van der Waals surface area contributed by atoms with Gasteiger partial charge in [0.1, 0.15) is 6.54 Å². The van der Waals surface area contributed by atoms with Gasteiger partial charge >= 0.3 is 5.97 Å². The first-order chi connectivity index (χ1) is 12.3. The average Bonchev–Trinajstić information content (AvgIpc) is 2.83. The van der Waals surface area contributed by atoms with E-state index in [-0.39, 0.29) is 11.0 Å². The van der Waals surface area contributed by atoms with Crippen molar-refractivity contribution in [1.29, 1.82) is 0 Å². The highest BCUT2D eigenvalue weighted by atomic mass is 32.2. The summed E-state index contributed by atoms with van der Waals surface area (Å²) in [6, 6.07) is 5.21. The lowest BCUT2D eigenvalue weighted by atomic mass is 10.2. The van der Waals surface area contributed by atoms with Gasteiger partial charge in [0, 0.05) is 0 Å². The molecule has 26 heavy (non-hydrogen) atoms. The van der Waals surface area contributed by atoms with Gasteiger partial charge in [-0.25, -0.2) is 0 Å². The lowest BCUT2D eigenvalue weighted by Crippen LogP contribution is -2.35. The molecule has 0 atom stereocenters. The number of rotatable bonds is 7. The first-order valence-corrected chi connectivity index (χ1v) is 8.93. The Labute approximate surface area is 156 Å². The van der Waals surface area contributed by atoms with Gasteiger partial charge in [-0.3, -0.25) is 19.3 Å². The minimum Gasteiger partial charge on any atom is -0.493 e. The Morgan fingerprint density at radius 3 is 2.62 bits per heavy atom. The van der Waals surface area contributed by atoms with Crippen molar-refractivity contribution in [2.75, 3.05) is 20.3 Å². The maximum atomic E-state index is 12.4. The Balaban J connectivity index is 2.18. The van der Waals surface area contributed by atoms with Crippen LogP contribution in [0.25, 0.3) is 6.08 Å². The summed E-state index contributed by atoms with van der Waals surface area (Å²) in [5.74, 6) is -0.0168. The standard InChI is InChI=1S/C18H21NO6S/c1-5-24-13-7-6-12(8-14(13)23-4)9-15-17(21)19(18(22)26-15)10-16(20)25-11(2)3/h6-9,11H,5,10H2,1-4H3/b15-9-. The highest BCUT2D eigenvalue weighted by molar-refractivity contribution is 8.18. The molecule has 7 nitrogen and oxygen atoms in total. The second-order valence-corrected chi connectivity index (χ2v) is 6.64. The summed E-state index contributed by atoms with van der Waals surface area (Å²) in [5, 5.41) is -0.500. The van der Waals surface area contributed by atoms with Crippen molar-refractivity contribution in [3.05, 3.63) is 28.7 Å². The molecule has 140 valence electrons. The van der Waals surface area contributed by atoms with E-state index < -0.39 is 23.7 Å². The monoisotopic (exact) mass is 379 g/mol. The van der Waals surface area contributed by atoms with E-state index in [1.54, 1.807) is 38.1 Å². The molecule has 1 aromatic carbocycles. The number of benzene rings is 1. The molecule has 1 aliphatic rings. The molecule has 0 aromatic heterocycles. The zero-order chi connectivity index (χ0) is 19.3. The van der Waals surface area contributed by atoms with Gasteiger partial charge in [0.15, 0.2) is 11.5 Å². The van der Waals surface area contributed by atoms with Crippen LogP contribution in [0.2, 0.25) is 0 Å². The number of thioether (sulfide) groups is 1. The Hall–Kier alpha value is -2.48. The van der Waals surface area contributed by atoms with E-state index in [0.29, 0.717) is 23.7 Å². The Bertz CT molecular complexity index is 743. The first kappa shape index (κ1) is 19.8. The fourth-order valence-corrected chi connectivity index (χ4v) is 3.10. The number of carbonyl (C=O) groups excluding carboxylic acids is 3. The second-order valence-electron chi connectivity index (χ2n) is 5.65. The lowest BCUT2D eigenvalue weighted by molar-refractivity contribution is -0.149. The summed E-state index contributed by atoms with van der Waals surface area (Å²) in [6.45, 7) is 5.37. The third-order valence-corrected chi connectivity index (χ3v) is 4.22. The molecule has 1 saturated heterocycles. The number of amides is 2. The van der Waals surface area contributed by atoms with Crippen molar-refractivity contribution in [3.8, 4) is 11.5 Å². The van der Waals surface area contributed by atoms with Crippen LogP contribution in [0.4, 0.5) is 4.79 Å².